The molecule has 0 aromatic heterocycles. The Labute approximate surface area is 296 Å². The predicted molar refractivity (Wildman–Crippen MR) is 202 cm³/mol. The molecule has 260 valence electrons. The number of benzene rings is 4. The summed E-state index contributed by atoms with van der Waals surface area (Å²) in [6.45, 7) is 13.2. The van der Waals surface area contributed by atoms with Crippen molar-refractivity contribution < 1.29 is 19.2 Å². The molecule has 0 N–H and O–H groups in total. The molecular formula is C44H50N2O4. The summed E-state index contributed by atoms with van der Waals surface area (Å²) in [4.78, 5) is 61.6. The number of imide groups is 2. The van der Waals surface area contributed by atoms with Gasteiger partial charge in [0.2, 0.25) is 0 Å². The van der Waals surface area contributed by atoms with Crippen molar-refractivity contribution in [3.63, 3.8) is 0 Å². The zero-order valence-corrected chi connectivity index (χ0v) is 30.5. The Kier molecular flexibility index (Phi) is 10.4. The standard InChI is InChI=1S/C44H50N2O4/c1-7-11-13-29(9-3)25-45-41(47)35-23-34(32-21-17-28(6)18-22-32)40-38-36(42(48)46(44(40)50)26-30(10-4)14-12-8-2)24-33(39(37(35)38)43(45)49)31-19-15-27(5)16-20-31/h15-24,29-30H,7-14,25-26H2,1-6H3. The van der Waals surface area contributed by atoms with Gasteiger partial charge < -0.3 is 0 Å². The fourth-order valence-electron chi connectivity index (χ4n) is 7.77. The highest BCUT2D eigenvalue weighted by Gasteiger charge is 2.43. The van der Waals surface area contributed by atoms with E-state index in [1.165, 1.54) is 9.80 Å². The highest BCUT2D eigenvalue weighted by atomic mass is 16.2. The molecule has 50 heavy (non-hydrogen) atoms. The summed E-state index contributed by atoms with van der Waals surface area (Å²) in [5.74, 6) is -1.10. The van der Waals surface area contributed by atoms with Crippen LogP contribution in [0, 0.1) is 25.7 Å². The molecule has 0 spiro atoms. The molecule has 2 aliphatic heterocycles. The zero-order chi connectivity index (χ0) is 35.7. The van der Waals surface area contributed by atoms with E-state index in [0.29, 0.717) is 57.2 Å². The summed E-state index contributed by atoms with van der Waals surface area (Å²) in [6, 6.07) is 19.5. The highest BCUT2D eigenvalue weighted by Crippen LogP contribution is 2.46. The van der Waals surface area contributed by atoms with Crippen LogP contribution >= 0.6 is 0 Å². The third-order valence-electron chi connectivity index (χ3n) is 11.0. The van der Waals surface area contributed by atoms with E-state index in [0.717, 1.165) is 73.6 Å². The third kappa shape index (κ3) is 6.29. The van der Waals surface area contributed by atoms with Crippen LogP contribution < -0.4 is 0 Å². The number of hydrogen-bond acceptors (Lipinski definition) is 4. The monoisotopic (exact) mass is 670 g/mol. The van der Waals surface area contributed by atoms with Gasteiger partial charge in [-0.25, -0.2) is 0 Å². The first kappa shape index (κ1) is 35.3. The van der Waals surface area contributed by atoms with E-state index in [9.17, 15) is 19.2 Å². The van der Waals surface area contributed by atoms with Gasteiger partial charge >= 0.3 is 0 Å². The Morgan fingerprint density at radius 1 is 0.500 bits per heavy atom. The van der Waals surface area contributed by atoms with Crippen molar-refractivity contribution in [2.45, 2.75) is 92.9 Å². The van der Waals surface area contributed by atoms with Gasteiger partial charge in [0.1, 0.15) is 0 Å². The molecule has 4 aromatic rings. The smallest absolute Gasteiger partial charge is 0.262 e. The molecule has 2 aliphatic rings. The number of carbonyl (C=O) groups excluding carboxylic acids is 4. The predicted octanol–water partition coefficient (Wildman–Crippen LogP) is 10.4. The lowest BCUT2D eigenvalue weighted by Gasteiger charge is -2.36. The summed E-state index contributed by atoms with van der Waals surface area (Å²) >= 11 is 0. The summed E-state index contributed by atoms with van der Waals surface area (Å²) in [5.41, 5.74) is 6.52. The molecule has 0 radical (unpaired) electrons. The molecule has 2 unspecified atom stereocenters. The highest BCUT2D eigenvalue weighted by molar-refractivity contribution is 6.36. The van der Waals surface area contributed by atoms with E-state index in [-0.39, 0.29) is 35.5 Å². The molecule has 6 nitrogen and oxygen atoms in total. The summed E-state index contributed by atoms with van der Waals surface area (Å²) in [7, 11) is 0. The van der Waals surface area contributed by atoms with Gasteiger partial charge in [0.15, 0.2) is 0 Å². The van der Waals surface area contributed by atoms with Crippen molar-refractivity contribution in [3.8, 4) is 22.3 Å². The lowest BCUT2D eigenvalue weighted by molar-refractivity contribution is 0.0559. The second-order valence-corrected chi connectivity index (χ2v) is 14.5. The lowest BCUT2D eigenvalue weighted by Crippen LogP contribution is -2.46. The van der Waals surface area contributed by atoms with Crippen molar-refractivity contribution in [3.05, 3.63) is 94.0 Å². The molecule has 0 bridgehead atoms. The van der Waals surface area contributed by atoms with Gasteiger partial charge in [-0.3, -0.25) is 29.0 Å². The maximum atomic E-state index is 14.8. The van der Waals surface area contributed by atoms with Gasteiger partial charge in [-0.2, -0.15) is 0 Å². The number of carbonyl (C=O) groups is 4. The van der Waals surface area contributed by atoms with Gasteiger partial charge in [-0.05, 0) is 72.9 Å². The van der Waals surface area contributed by atoms with Crippen LogP contribution in [-0.2, 0) is 0 Å². The molecule has 2 heterocycles. The molecule has 4 aromatic carbocycles. The largest absolute Gasteiger partial charge is 0.274 e. The van der Waals surface area contributed by atoms with E-state index in [4.69, 9.17) is 0 Å². The SMILES string of the molecule is CCCCC(CC)CN1C(=O)c2cc(-c3ccc(C)cc3)c3c4c(cc(-c5ccc(C)cc5)c(c24)C1=O)C(=O)N(CC(CC)CCCC)C3=O. The number of rotatable bonds is 14. The van der Waals surface area contributed by atoms with E-state index < -0.39 is 0 Å². The average Bonchev–Trinajstić information content (AvgIpc) is 3.12. The fourth-order valence-corrected chi connectivity index (χ4v) is 7.77. The Hall–Kier alpha value is -4.58. The van der Waals surface area contributed by atoms with Crippen molar-refractivity contribution >= 4 is 34.4 Å². The first-order chi connectivity index (χ1) is 24.1. The zero-order valence-electron chi connectivity index (χ0n) is 30.5. The third-order valence-corrected chi connectivity index (χ3v) is 11.0. The van der Waals surface area contributed by atoms with Gasteiger partial charge in [-0.1, -0.05) is 126 Å². The molecular weight excluding hydrogens is 620 g/mol. The summed E-state index contributed by atoms with van der Waals surface area (Å²) < 4.78 is 0. The van der Waals surface area contributed by atoms with E-state index in [2.05, 4.69) is 27.7 Å². The Bertz CT molecular complexity index is 1810. The number of nitrogens with zero attached hydrogens (tertiary/aromatic N) is 2. The van der Waals surface area contributed by atoms with Gasteiger partial charge in [0.25, 0.3) is 23.6 Å². The number of unbranched alkanes of at least 4 members (excludes halogenated alkanes) is 2. The van der Waals surface area contributed by atoms with Crippen LogP contribution in [0.1, 0.15) is 132 Å². The van der Waals surface area contributed by atoms with Crippen LogP contribution in [-0.4, -0.2) is 46.5 Å². The Morgan fingerprint density at radius 3 is 1.18 bits per heavy atom. The van der Waals surface area contributed by atoms with E-state index in [1.54, 1.807) is 0 Å². The molecule has 4 amide bonds. The number of amides is 4. The number of aryl methyl sites for hydroxylation is 2. The van der Waals surface area contributed by atoms with Crippen LogP contribution in [0.15, 0.2) is 60.7 Å². The molecule has 0 fully saturated rings. The van der Waals surface area contributed by atoms with Crippen LogP contribution in [0.4, 0.5) is 0 Å². The number of hydrogen-bond donors (Lipinski definition) is 0. The second-order valence-electron chi connectivity index (χ2n) is 14.5. The molecule has 0 saturated heterocycles. The van der Waals surface area contributed by atoms with E-state index in [1.807, 2.05) is 74.5 Å². The maximum absolute atomic E-state index is 14.8. The molecule has 6 heteroatoms. The normalized spacial score (nSPS) is 15.3. The molecule has 0 aliphatic carbocycles. The van der Waals surface area contributed by atoms with Gasteiger partial charge in [0.05, 0.1) is 11.1 Å². The first-order valence-electron chi connectivity index (χ1n) is 18.7. The lowest BCUT2D eigenvalue weighted by atomic mass is 9.78. The molecule has 0 saturated carbocycles. The van der Waals surface area contributed by atoms with E-state index >= 15 is 0 Å². The molecule has 2 atom stereocenters. The molecule has 6 rings (SSSR count). The van der Waals surface area contributed by atoms with Crippen molar-refractivity contribution in [1.82, 2.24) is 9.80 Å². The van der Waals surface area contributed by atoms with Crippen LogP contribution in [0.2, 0.25) is 0 Å². The van der Waals surface area contributed by atoms with Gasteiger partial charge in [-0.15, -0.1) is 0 Å². The van der Waals surface area contributed by atoms with Crippen molar-refractivity contribution in [2.75, 3.05) is 13.1 Å². The minimum atomic E-state index is -0.364. The first-order valence-corrected chi connectivity index (χ1v) is 18.7. The fraction of sp³-hybridized carbons (Fsp3) is 0.409. The maximum Gasteiger partial charge on any atom is 0.262 e. The second kappa shape index (κ2) is 14.7. The van der Waals surface area contributed by atoms with Crippen LogP contribution in [0.3, 0.4) is 0 Å². The Balaban J connectivity index is 1.66. The Morgan fingerprint density at radius 2 is 0.860 bits per heavy atom. The topological polar surface area (TPSA) is 74.8 Å². The summed E-state index contributed by atoms with van der Waals surface area (Å²) in [6.07, 6.45) is 7.70. The van der Waals surface area contributed by atoms with Crippen molar-refractivity contribution in [1.29, 1.82) is 0 Å². The van der Waals surface area contributed by atoms with Crippen LogP contribution in [0.5, 0.6) is 0 Å². The summed E-state index contributed by atoms with van der Waals surface area (Å²) in [5, 5.41) is 0.854. The van der Waals surface area contributed by atoms with Gasteiger partial charge in [0, 0.05) is 35.0 Å². The average molecular weight is 671 g/mol. The minimum absolute atomic E-state index is 0.174. The van der Waals surface area contributed by atoms with Crippen LogP contribution in [0.25, 0.3) is 33.0 Å². The quantitative estimate of drug-likeness (QED) is 0.125. The minimum Gasteiger partial charge on any atom is -0.274 e. The van der Waals surface area contributed by atoms with Crippen molar-refractivity contribution in [2.24, 2.45) is 11.8 Å².